The molecule has 0 aromatic heterocycles. The third-order valence-electron chi connectivity index (χ3n) is 19.8. The summed E-state index contributed by atoms with van der Waals surface area (Å²) >= 11 is 0. The zero-order valence-electron chi connectivity index (χ0n) is 43.7. The maximum absolute atomic E-state index is 2.74. The van der Waals surface area contributed by atoms with Crippen molar-refractivity contribution < 1.29 is 0 Å². The Bertz CT molecular complexity index is 3390. The van der Waals surface area contributed by atoms with E-state index < -0.39 is 0 Å². The molecule has 2 aliphatic carbocycles. The van der Waals surface area contributed by atoms with Crippen molar-refractivity contribution in [2.24, 2.45) is 0 Å². The Morgan fingerprint density at radius 1 is 0.333 bits per heavy atom. The van der Waals surface area contributed by atoms with E-state index in [1.165, 1.54) is 174 Å². The van der Waals surface area contributed by atoms with Gasteiger partial charge in [0.05, 0.1) is 11.1 Å². The zero-order valence-corrected chi connectivity index (χ0v) is 43.7. The maximum Gasteiger partial charge on any atom is 0.0518 e. The van der Waals surface area contributed by atoms with E-state index >= 15 is 0 Å². The Morgan fingerprint density at radius 3 is 1.06 bits per heavy atom. The molecule has 0 spiro atoms. The number of fused-ring (bicyclic) bond motifs is 8. The van der Waals surface area contributed by atoms with Crippen LogP contribution in [0.5, 0.6) is 0 Å². The molecule has 2 fully saturated rings. The van der Waals surface area contributed by atoms with Crippen LogP contribution in [0.4, 0.5) is 22.7 Å². The minimum atomic E-state index is -0.00899. The molecule has 4 unspecified atom stereocenters. The average molecular weight is 937 g/mol. The fourth-order valence-corrected chi connectivity index (χ4v) is 15.2. The summed E-state index contributed by atoms with van der Waals surface area (Å²) in [6, 6.07) is 65.0. The largest absolute Gasteiger partial charge is 0.334 e. The van der Waals surface area contributed by atoms with Crippen molar-refractivity contribution in [2.75, 3.05) is 9.80 Å². The van der Waals surface area contributed by atoms with Crippen LogP contribution in [0.25, 0.3) is 66.1 Å². The molecule has 2 heteroatoms. The molecule has 0 saturated heterocycles. The van der Waals surface area contributed by atoms with E-state index in [2.05, 4.69) is 235 Å². The third-order valence-corrected chi connectivity index (χ3v) is 19.8. The van der Waals surface area contributed by atoms with Crippen LogP contribution in [-0.4, -0.2) is 11.1 Å². The predicted octanol–water partition coefficient (Wildman–Crippen LogP) is 19.4. The summed E-state index contributed by atoms with van der Waals surface area (Å²) in [5.41, 5.74) is 24.4. The van der Waals surface area contributed by atoms with Crippen molar-refractivity contribution >= 4 is 44.3 Å². The monoisotopic (exact) mass is 937 g/mol. The van der Waals surface area contributed by atoms with Crippen molar-refractivity contribution in [2.45, 2.75) is 129 Å². The molecule has 4 atom stereocenters. The van der Waals surface area contributed by atoms with E-state index in [0.717, 1.165) is 0 Å². The van der Waals surface area contributed by atoms with Gasteiger partial charge in [-0.25, -0.2) is 0 Å². The Morgan fingerprint density at radius 2 is 0.681 bits per heavy atom. The number of hydrogen-bond acceptors (Lipinski definition) is 2. The van der Waals surface area contributed by atoms with Crippen molar-refractivity contribution in [3.63, 3.8) is 0 Å². The highest BCUT2D eigenvalue weighted by molar-refractivity contribution is 6.22. The number of rotatable bonds is 6. The second kappa shape index (κ2) is 16.3. The summed E-state index contributed by atoms with van der Waals surface area (Å²) in [4.78, 5) is 5.48. The van der Waals surface area contributed by atoms with Gasteiger partial charge in [-0.2, -0.15) is 0 Å². The van der Waals surface area contributed by atoms with Crippen molar-refractivity contribution in [1.82, 2.24) is 0 Å². The van der Waals surface area contributed by atoms with Gasteiger partial charge in [-0.15, -0.1) is 0 Å². The molecule has 0 radical (unpaired) electrons. The summed E-state index contributed by atoms with van der Waals surface area (Å²) in [6.07, 6.45) is 9.82. The van der Waals surface area contributed by atoms with Gasteiger partial charge in [-0.05, 0) is 215 Å². The molecule has 72 heavy (non-hydrogen) atoms. The molecule has 358 valence electrons. The van der Waals surface area contributed by atoms with Gasteiger partial charge in [0.25, 0.3) is 0 Å². The van der Waals surface area contributed by atoms with Crippen LogP contribution in [0.1, 0.15) is 112 Å². The quantitative estimate of drug-likeness (QED) is 0.153. The van der Waals surface area contributed by atoms with Crippen LogP contribution in [0.3, 0.4) is 0 Å². The summed E-state index contributed by atoms with van der Waals surface area (Å²) in [5.74, 6) is 0. The van der Waals surface area contributed by atoms with E-state index in [1.807, 2.05) is 0 Å². The van der Waals surface area contributed by atoms with Gasteiger partial charge in [-0.3, -0.25) is 0 Å². The highest BCUT2D eigenvalue weighted by Gasteiger charge is 2.59. The highest BCUT2D eigenvalue weighted by Crippen LogP contribution is 2.64. The Labute approximate surface area is 428 Å². The Hall–Kier alpha value is -6.90. The van der Waals surface area contributed by atoms with Gasteiger partial charge < -0.3 is 9.80 Å². The molecule has 2 saturated carbocycles. The van der Waals surface area contributed by atoms with Crippen LogP contribution in [0.15, 0.2) is 170 Å². The Kier molecular flexibility index (Phi) is 10.2. The number of hydrogen-bond donors (Lipinski definition) is 0. The van der Waals surface area contributed by atoms with E-state index in [-0.39, 0.29) is 21.9 Å². The first kappa shape index (κ1) is 45.0. The maximum atomic E-state index is 2.74. The van der Waals surface area contributed by atoms with E-state index in [4.69, 9.17) is 0 Å². The molecular weight excluding hydrogens is 869 g/mol. The molecule has 0 N–H and O–H groups in total. The second-order valence-electron chi connectivity index (χ2n) is 23.1. The number of para-hydroxylation sites is 2. The number of anilines is 4. The lowest BCUT2D eigenvalue weighted by atomic mass is 9.61. The van der Waals surface area contributed by atoms with Crippen LogP contribution in [0, 0.1) is 27.7 Å². The lowest BCUT2D eigenvalue weighted by Crippen LogP contribution is -2.54. The van der Waals surface area contributed by atoms with Gasteiger partial charge in [0, 0.05) is 33.6 Å². The highest BCUT2D eigenvalue weighted by atomic mass is 15.3. The second-order valence-corrected chi connectivity index (χ2v) is 23.1. The molecule has 4 aliphatic rings. The molecule has 13 rings (SSSR count). The van der Waals surface area contributed by atoms with Crippen LogP contribution in [-0.2, 0) is 10.8 Å². The van der Waals surface area contributed by atoms with Crippen molar-refractivity contribution in [1.29, 1.82) is 0 Å². The van der Waals surface area contributed by atoms with Gasteiger partial charge in [-0.1, -0.05) is 161 Å². The molecule has 2 nitrogen and oxygen atoms in total. The van der Waals surface area contributed by atoms with Gasteiger partial charge >= 0.3 is 0 Å². The normalized spacial score (nSPS) is 23.3. The van der Waals surface area contributed by atoms with E-state index in [0.29, 0.717) is 0 Å². The molecule has 9 aromatic rings. The molecule has 0 bridgehead atoms. The first-order valence-corrected chi connectivity index (χ1v) is 27.0. The summed E-state index contributed by atoms with van der Waals surface area (Å²) in [5, 5.41) is 5.17. The summed E-state index contributed by atoms with van der Waals surface area (Å²) < 4.78 is 0. The fraction of sp³-hybridized carbons (Fsp3) is 0.286. The van der Waals surface area contributed by atoms with E-state index in [9.17, 15) is 0 Å². The van der Waals surface area contributed by atoms with Gasteiger partial charge in [0.1, 0.15) is 0 Å². The number of nitrogens with zero attached hydrogens (tertiary/aromatic N) is 2. The van der Waals surface area contributed by atoms with Crippen molar-refractivity contribution in [3.05, 3.63) is 203 Å². The molecular formula is C70H68N2. The fourth-order valence-electron chi connectivity index (χ4n) is 15.2. The molecule has 2 aliphatic heterocycles. The van der Waals surface area contributed by atoms with Crippen LogP contribution >= 0.6 is 0 Å². The predicted molar refractivity (Wildman–Crippen MR) is 308 cm³/mol. The average Bonchev–Trinajstić information content (AvgIpc) is 3.76. The molecule has 2 heterocycles. The number of benzene rings is 9. The first-order valence-electron chi connectivity index (χ1n) is 27.0. The summed E-state index contributed by atoms with van der Waals surface area (Å²) in [6.45, 7) is 19.8. The Balaban J connectivity index is 1.05. The minimum absolute atomic E-state index is 0.00899. The van der Waals surface area contributed by atoms with E-state index in [1.54, 1.807) is 0 Å². The van der Waals surface area contributed by atoms with Crippen LogP contribution < -0.4 is 9.80 Å². The SMILES string of the molecule is Cc1c(-c2ccc3c(-c4ccccc4)c4cc(-c5cc6c(c(C)c5C)N(c5ccccc5)C5(C)CCCCC65C)ccc4c(-c4ccccc4)c3c2)cc2c(c1C)N(c1ccccc1)C1(C)CCCCC21C. The van der Waals surface area contributed by atoms with Crippen molar-refractivity contribution in [3.8, 4) is 44.5 Å². The lowest BCUT2D eigenvalue weighted by Gasteiger charge is -2.50. The van der Waals surface area contributed by atoms with Crippen LogP contribution in [0.2, 0.25) is 0 Å². The minimum Gasteiger partial charge on any atom is -0.334 e. The standard InChI is InChI=1S/C70H68N2/c1-45-47(3)65-61(67(5)37-21-23-39-69(67,7)71(65)53-29-17-11-18-30-53)43-57(45)51-33-35-55-59(41-51)63(49-25-13-9-14-26-49)56-36-34-52(42-60(56)64(55)50-27-15-10-16-28-50)58-44-62-66(48(4)46(58)2)72(54-31-19-12-20-32-54)70(8)40-24-22-38-68(62,70)6/h9-20,25-36,41-44H,21-24,37-40H2,1-8H3. The van der Waals surface area contributed by atoms with Gasteiger partial charge in [0.15, 0.2) is 0 Å². The smallest absolute Gasteiger partial charge is 0.0518 e. The molecule has 9 aromatic carbocycles. The summed E-state index contributed by atoms with van der Waals surface area (Å²) in [7, 11) is 0. The lowest BCUT2D eigenvalue weighted by molar-refractivity contribution is 0.195. The first-order chi connectivity index (χ1) is 34.9. The molecule has 0 amide bonds. The topological polar surface area (TPSA) is 6.48 Å². The third kappa shape index (κ3) is 6.14. The van der Waals surface area contributed by atoms with Gasteiger partial charge in [0.2, 0.25) is 0 Å². The zero-order chi connectivity index (χ0) is 49.3.